The van der Waals surface area contributed by atoms with E-state index in [1.165, 1.54) is 11.8 Å². The predicted octanol–water partition coefficient (Wildman–Crippen LogP) is 5.07. The van der Waals surface area contributed by atoms with Gasteiger partial charge in [-0.05, 0) is 48.2 Å². The van der Waals surface area contributed by atoms with Gasteiger partial charge in [0.15, 0.2) is 5.16 Å². The lowest BCUT2D eigenvalue weighted by Gasteiger charge is -2.23. The summed E-state index contributed by atoms with van der Waals surface area (Å²) >= 11 is 1.45. The highest BCUT2D eigenvalue weighted by molar-refractivity contribution is 7.99. The highest BCUT2D eigenvalue weighted by Crippen LogP contribution is 2.33. The van der Waals surface area contributed by atoms with Crippen molar-refractivity contribution in [3.05, 3.63) is 91.0 Å². The molecule has 4 rings (SSSR count). The first kappa shape index (κ1) is 17.1. The van der Waals surface area contributed by atoms with Gasteiger partial charge >= 0.3 is 0 Å². The Morgan fingerprint density at radius 3 is 1.70 bits per heavy atom. The average Bonchev–Trinajstić information content (AvgIpc) is 2.70. The number of hydrogen-bond donors (Lipinski definition) is 1. The molecule has 5 nitrogen and oxygen atoms in total. The molecule has 0 unspecified atom stereocenters. The Balaban J connectivity index is 1.78. The van der Waals surface area contributed by atoms with Crippen LogP contribution in [0.4, 0.5) is 23.3 Å². The van der Waals surface area contributed by atoms with Crippen LogP contribution in [-0.4, -0.2) is 15.0 Å². The minimum atomic E-state index is 0.190. The monoisotopic (exact) mass is 371 g/mol. The third-order valence-corrected chi connectivity index (χ3v) is 4.67. The molecule has 0 atom stereocenters. The van der Waals surface area contributed by atoms with Gasteiger partial charge in [-0.2, -0.15) is 15.0 Å². The zero-order chi connectivity index (χ0) is 18.5. The van der Waals surface area contributed by atoms with Crippen LogP contribution in [0.3, 0.4) is 0 Å². The molecule has 132 valence electrons. The smallest absolute Gasteiger partial charge is 0.240 e. The van der Waals surface area contributed by atoms with Crippen molar-refractivity contribution >= 4 is 35.0 Å². The summed E-state index contributed by atoms with van der Waals surface area (Å²) in [6, 6.07) is 29.9. The molecule has 6 heteroatoms. The summed E-state index contributed by atoms with van der Waals surface area (Å²) < 4.78 is 0. The summed E-state index contributed by atoms with van der Waals surface area (Å²) in [6.07, 6.45) is 0. The second kappa shape index (κ2) is 7.88. The van der Waals surface area contributed by atoms with E-state index in [-0.39, 0.29) is 5.95 Å². The molecule has 1 aromatic heterocycles. The van der Waals surface area contributed by atoms with Crippen LogP contribution in [0.25, 0.3) is 0 Å². The lowest BCUT2D eigenvalue weighted by atomic mass is 10.2. The van der Waals surface area contributed by atoms with Crippen molar-refractivity contribution in [2.45, 2.75) is 10.1 Å². The van der Waals surface area contributed by atoms with Crippen LogP contribution in [0.1, 0.15) is 0 Å². The van der Waals surface area contributed by atoms with Crippen LogP contribution in [0.2, 0.25) is 0 Å². The Morgan fingerprint density at radius 1 is 0.630 bits per heavy atom. The van der Waals surface area contributed by atoms with Crippen LogP contribution >= 0.6 is 11.8 Å². The van der Waals surface area contributed by atoms with E-state index in [1.54, 1.807) is 0 Å². The molecular weight excluding hydrogens is 354 g/mol. The number of benzene rings is 3. The number of nitrogens with two attached hydrogens (primary N) is 1. The third kappa shape index (κ3) is 4.07. The van der Waals surface area contributed by atoms with E-state index in [1.807, 2.05) is 95.9 Å². The fraction of sp³-hybridized carbons (Fsp3) is 0. The van der Waals surface area contributed by atoms with Gasteiger partial charge in [-0.1, -0.05) is 54.6 Å². The maximum absolute atomic E-state index is 6.00. The van der Waals surface area contributed by atoms with Crippen molar-refractivity contribution in [2.75, 3.05) is 10.6 Å². The lowest BCUT2D eigenvalue weighted by Crippen LogP contribution is -2.15. The third-order valence-electron chi connectivity index (χ3n) is 3.80. The Labute approximate surface area is 161 Å². The van der Waals surface area contributed by atoms with Crippen molar-refractivity contribution in [1.29, 1.82) is 0 Å². The van der Waals surface area contributed by atoms with E-state index in [0.29, 0.717) is 11.1 Å². The zero-order valence-electron chi connectivity index (χ0n) is 14.4. The van der Waals surface area contributed by atoms with Gasteiger partial charge < -0.3 is 5.73 Å². The minimum absolute atomic E-state index is 0.190. The van der Waals surface area contributed by atoms with Crippen LogP contribution in [0.5, 0.6) is 0 Å². The number of para-hydroxylation sites is 2. The summed E-state index contributed by atoms with van der Waals surface area (Å²) in [6.45, 7) is 0. The van der Waals surface area contributed by atoms with Gasteiger partial charge in [-0.15, -0.1) is 0 Å². The summed E-state index contributed by atoms with van der Waals surface area (Å²) in [5, 5.41) is 0.556. The van der Waals surface area contributed by atoms with E-state index < -0.39 is 0 Å². The average molecular weight is 371 g/mol. The van der Waals surface area contributed by atoms with Crippen LogP contribution in [0, 0.1) is 0 Å². The number of nitrogens with zero attached hydrogens (tertiary/aromatic N) is 4. The number of nitrogen functional groups attached to an aromatic ring is 1. The van der Waals surface area contributed by atoms with Crippen LogP contribution < -0.4 is 10.6 Å². The maximum atomic E-state index is 6.00. The van der Waals surface area contributed by atoms with E-state index in [2.05, 4.69) is 15.0 Å². The van der Waals surface area contributed by atoms with Crippen LogP contribution in [-0.2, 0) is 0 Å². The number of rotatable bonds is 5. The fourth-order valence-corrected chi connectivity index (χ4v) is 3.41. The number of anilines is 4. The molecule has 0 bridgehead atoms. The van der Waals surface area contributed by atoms with E-state index in [9.17, 15) is 0 Å². The van der Waals surface area contributed by atoms with Crippen LogP contribution in [0.15, 0.2) is 101 Å². The zero-order valence-corrected chi connectivity index (χ0v) is 15.3. The fourth-order valence-electron chi connectivity index (χ4n) is 2.63. The van der Waals surface area contributed by atoms with Crippen molar-refractivity contribution in [3.8, 4) is 0 Å². The molecule has 0 aliphatic heterocycles. The molecular formula is C21H17N5S. The van der Waals surface area contributed by atoms with Gasteiger partial charge in [-0.3, -0.25) is 4.90 Å². The van der Waals surface area contributed by atoms with E-state index in [4.69, 9.17) is 5.73 Å². The van der Waals surface area contributed by atoms with Gasteiger partial charge in [0.05, 0.1) is 0 Å². The number of aromatic nitrogens is 3. The second-order valence-electron chi connectivity index (χ2n) is 5.70. The largest absolute Gasteiger partial charge is 0.368 e. The van der Waals surface area contributed by atoms with Gasteiger partial charge in [0, 0.05) is 16.3 Å². The van der Waals surface area contributed by atoms with Gasteiger partial charge in [0.25, 0.3) is 0 Å². The minimum Gasteiger partial charge on any atom is -0.368 e. The SMILES string of the molecule is Nc1nc(Sc2ccccc2)nc(N(c2ccccc2)c2ccccc2)n1. The molecule has 4 aromatic rings. The maximum Gasteiger partial charge on any atom is 0.240 e. The molecule has 0 aliphatic rings. The van der Waals surface area contributed by atoms with Gasteiger partial charge in [-0.25, -0.2) is 0 Å². The normalized spacial score (nSPS) is 10.5. The molecule has 3 aromatic carbocycles. The van der Waals surface area contributed by atoms with Gasteiger partial charge in [0.1, 0.15) is 0 Å². The Kier molecular flexibility index (Phi) is 4.98. The summed E-state index contributed by atoms with van der Waals surface area (Å²) in [5.74, 6) is 0.675. The van der Waals surface area contributed by atoms with E-state index >= 15 is 0 Å². The summed E-state index contributed by atoms with van der Waals surface area (Å²) in [5.41, 5.74) is 7.90. The Morgan fingerprint density at radius 2 is 1.15 bits per heavy atom. The highest BCUT2D eigenvalue weighted by Gasteiger charge is 2.17. The lowest BCUT2D eigenvalue weighted by molar-refractivity contribution is 0.902. The first-order valence-corrected chi connectivity index (χ1v) is 9.26. The molecule has 2 N–H and O–H groups in total. The number of hydrogen-bond acceptors (Lipinski definition) is 6. The summed E-state index contributed by atoms with van der Waals surface area (Å²) in [4.78, 5) is 16.4. The molecule has 27 heavy (non-hydrogen) atoms. The molecule has 0 amide bonds. The standard InChI is InChI=1S/C21H17N5S/c22-19-23-20(25-21(24-19)27-18-14-8-3-9-15-18)26(16-10-4-1-5-11-16)17-12-6-2-7-13-17/h1-15H,(H2,22,23,24,25). The molecule has 0 saturated heterocycles. The molecule has 0 spiro atoms. The quantitative estimate of drug-likeness (QED) is 0.528. The molecule has 0 radical (unpaired) electrons. The van der Waals surface area contributed by atoms with Crippen molar-refractivity contribution in [1.82, 2.24) is 15.0 Å². The van der Waals surface area contributed by atoms with E-state index in [0.717, 1.165) is 16.3 Å². The van der Waals surface area contributed by atoms with Crippen molar-refractivity contribution in [2.24, 2.45) is 0 Å². The first-order chi connectivity index (χ1) is 13.3. The topological polar surface area (TPSA) is 67.9 Å². The highest BCUT2D eigenvalue weighted by atomic mass is 32.2. The molecule has 0 fully saturated rings. The van der Waals surface area contributed by atoms with Crippen molar-refractivity contribution < 1.29 is 0 Å². The molecule has 0 aliphatic carbocycles. The van der Waals surface area contributed by atoms with Crippen molar-refractivity contribution in [3.63, 3.8) is 0 Å². The second-order valence-corrected chi connectivity index (χ2v) is 6.74. The Bertz CT molecular complexity index is 971. The summed E-state index contributed by atoms with van der Waals surface area (Å²) in [7, 11) is 0. The molecule has 1 heterocycles. The molecule has 0 saturated carbocycles. The first-order valence-electron chi connectivity index (χ1n) is 8.44. The Hall–Kier alpha value is -3.38. The predicted molar refractivity (Wildman–Crippen MR) is 109 cm³/mol. The van der Waals surface area contributed by atoms with Gasteiger partial charge in [0.2, 0.25) is 11.9 Å².